The number of benzene rings is 7. The average Bonchev–Trinajstić information content (AvgIpc) is 3.13. The lowest BCUT2D eigenvalue weighted by Gasteiger charge is -2.50. The first-order valence-corrected chi connectivity index (χ1v) is 18.5. The summed E-state index contributed by atoms with van der Waals surface area (Å²) in [6.45, 7) is 2.32. The van der Waals surface area contributed by atoms with E-state index >= 15 is 0 Å². The fourth-order valence-electron chi connectivity index (χ4n) is 8.79. The SMILES string of the molecule is Cc1ccc2c(c1)N(c1ccccc1)c1cccc3c1B2c1cccc2c1N3c1ccccc1[Si]2(c1ccccc1)c1ccccc1. The van der Waals surface area contributed by atoms with Gasteiger partial charge in [-0.15, -0.1) is 0 Å². The molecule has 0 saturated carbocycles. The molecule has 0 bridgehead atoms. The highest BCUT2D eigenvalue weighted by Gasteiger charge is 2.53. The predicted octanol–water partition coefficient (Wildman–Crippen LogP) is 5.77. The zero-order chi connectivity index (χ0) is 31.1. The third-order valence-corrected chi connectivity index (χ3v) is 15.4. The number of nitrogens with zero attached hydrogens (tertiary/aromatic N) is 2. The Labute approximate surface area is 277 Å². The molecule has 47 heavy (non-hydrogen) atoms. The van der Waals surface area contributed by atoms with Gasteiger partial charge in [0.15, 0.2) is 8.07 Å². The van der Waals surface area contributed by atoms with Crippen LogP contribution >= 0.6 is 0 Å². The van der Waals surface area contributed by atoms with E-state index in [9.17, 15) is 0 Å². The molecule has 3 aliphatic rings. The molecule has 0 unspecified atom stereocenters. The Morgan fingerprint density at radius 1 is 0.447 bits per heavy atom. The van der Waals surface area contributed by atoms with Gasteiger partial charge in [-0.05, 0) is 86.0 Å². The maximum Gasteiger partial charge on any atom is 0.252 e. The van der Waals surface area contributed by atoms with Crippen LogP contribution in [-0.2, 0) is 0 Å². The van der Waals surface area contributed by atoms with Gasteiger partial charge in [-0.2, -0.15) is 0 Å². The molecule has 0 atom stereocenters. The summed E-state index contributed by atoms with van der Waals surface area (Å²) in [7, 11) is -2.71. The van der Waals surface area contributed by atoms with Crippen molar-refractivity contribution in [1.29, 1.82) is 0 Å². The van der Waals surface area contributed by atoms with Crippen molar-refractivity contribution in [2.45, 2.75) is 6.92 Å². The molecule has 2 nitrogen and oxygen atoms in total. The zero-order valence-corrected chi connectivity index (χ0v) is 27.1. The number of rotatable bonds is 3. The molecule has 0 aromatic heterocycles. The number of hydrogen-bond donors (Lipinski definition) is 0. The van der Waals surface area contributed by atoms with Gasteiger partial charge in [0.05, 0.1) is 0 Å². The van der Waals surface area contributed by atoms with Gasteiger partial charge >= 0.3 is 0 Å². The van der Waals surface area contributed by atoms with Crippen LogP contribution in [0.1, 0.15) is 5.56 Å². The third kappa shape index (κ3) is 3.51. The van der Waals surface area contributed by atoms with Gasteiger partial charge in [0, 0.05) is 34.1 Å². The van der Waals surface area contributed by atoms with Crippen LogP contribution in [0.4, 0.5) is 34.1 Å². The van der Waals surface area contributed by atoms with Crippen LogP contribution in [0.2, 0.25) is 0 Å². The monoisotopic (exact) mass is 614 g/mol. The number of aryl methyl sites for hydroxylation is 1. The predicted molar refractivity (Wildman–Crippen MR) is 202 cm³/mol. The molecule has 0 N–H and O–H groups in total. The van der Waals surface area contributed by atoms with E-state index in [1.165, 1.54) is 76.8 Å². The third-order valence-electron chi connectivity index (χ3n) is 10.6. The maximum atomic E-state index is 2.61. The maximum absolute atomic E-state index is 2.71. The van der Waals surface area contributed by atoms with E-state index in [-0.39, 0.29) is 6.71 Å². The lowest BCUT2D eigenvalue weighted by atomic mass is 9.33. The Hall–Kier alpha value is -5.58. The highest BCUT2D eigenvalue weighted by molar-refractivity contribution is 7.22. The minimum absolute atomic E-state index is 0.117. The number of hydrogen-bond acceptors (Lipinski definition) is 2. The summed E-state index contributed by atoms with van der Waals surface area (Å²) in [5.41, 5.74) is 13.0. The Balaban J connectivity index is 1.36. The van der Waals surface area contributed by atoms with Crippen molar-refractivity contribution in [2.75, 3.05) is 9.80 Å². The van der Waals surface area contributed by atoms with Crippen molar-refractivity contribution in [1.82, 2.24) is 0 Å². The smallest absolute Gasteiger partial charge is 0.252 e. The van der Waals surface area contributed by atoms with Crippen molar-refractivity contribution >= 4 is 86.0 Å². The fourth-order valence-corrected chi connectivity index (χ4v) is 13.9. The first-order valence-electron chi connectivity index (χ1n) is 16.5. The van der Waals surface area contributed by atoms with Crippen molar-refractivity contribution < 1.29 is 0 Å². The lowest BCUT2D eigenvalue weighted by Crippen LogP contribution is -2.79. The Kier molecular flexibility index (Phi) is 5.64. The summed E-state index contributed by atoms with van der Waals surface area (Å²) in [6, 6.07) is 63.9. The van der Waals surface area contributed by atoms with E-state index in [0.29, 0.717) is 0 Å². The second kappa shape index (κ2) is 9.96. The van der Waals surface area contributed by atoms with Crippen LogP contribution < -0.4 is 46.9 Å². The van der Waals surface area contributed by atoms with Crippen molar-refractivity contribution in [3.05, 3.63) is 175 Å². The van der Waals surface area contributed by atoms with Crippen LogP contribution in [0.3, 0.4) is 0 Å². The van der Waals surface area contributed by atoms with Crippen LogP contribution in [0, 0.1) is 6.92 Å². The largest absolute Gasteiger partial charge is 0.312 e. The second-order valence-corrected chi connectivity index (χ2v) is 16.7. The van der Waals surface area contributed by atoms with Crippen LogP contribution in [0.5, 0.6) is 0 Å². The van der Waals surface area contributed by atoms with E-state index in [0.717, 1.165) is 0 Å². The summed E-state index contributed by atoms with van der Waals surface area (Å²) in [5, 5.41) is 5.73. The Morgan fingerprint density at radius 3 is 1.74 bits per heavy atom. The summed E-state index contributed by atoms with van der Waals surface area (Å²) < 4.78 is 0. The quantitative estimate of drug-likeness (QED) is 0.234. The minimum atomic E-state index is -2.71. The minimum Gasteiger partial charge on any atom is -0.312 e. The molecule has 7 aromatic carbocycles. The Bertz CT molecular complexity index is 2300. The van der Waals surface area contributed by atoms with Gasteiger partial charge < -0.3 is 9.80 Å². The standard InChI is InChI=1S/C43H31BN2Si/c1-30-27-28-34-39(29-30)45(31-15-5-2-6-16-31)37-23-14-24-38-42(37)44(34)35-21-13-26-41-43(35)46(38)36-22-11-12-25-40(36)47(41,32-17-7-3-8-18-32)33-19-9-4-10-20-33/h2-29H,1H3. The van der Waals surface area contributed by atoms with Crippen molar-refractivity contribution in [3.8, 4) is 0 Å². The molecule has 3 heterocycles. The normalized spacial score (nSPS) is 14.5. The topological polar surface area (TPSA) is 6.48 Å². The molecule has 3 aliphatic heterocycles. The first-order chi connectivity index (χ1) is 23.3. The fraction of sp³-hybridized carbons (Fsp3) is 0.0233. The van der Waals surface area contributed by atoms with E-state index in [4.69, 9.17) is 0 Å². The van der Waals surface area contributed by atoms with Crippen LogP contribution in [-0.4, -0.2) is 14.8 Å². The molecule has 0 spiro atoms. The molecule has 0 fully saturated rings. The van der Waals surface area contributed by atoms with Crippen molar-refractivity contribution in [3.63, 3.8) is 0 Å². The molecule has 0 radical (unpaired) electrons. The van der Waals surface area contributed by atoms with Crippen molar-refractivity contribution in [2.24, 2.45) is 0 Å². The lowest BCUT2D eigenvalue weighted by molar-refractivity contribution is 1.25. The van der Waals surface area contributed by atoms with Gasteiger partial charge in [-0.1, -0.05) is 133 Å². The summed E-state index contributed by atoms with van der Waals surface area (Å²) >= 11 is 0. The van der Waals surface area contributed by atoms with Crippen LogP contribution in [0.15, 0.2) is 170 Å². The van der Waals surface area contributed by atoms with E-state index in [1.54, 1.807) is 0 Å². The highest BCUT2D eigenvalue weighted by Crippen LogP contribution is 2.45. The van der Waals surface area contributed by atoms with Gasteiger partial charge in [-0.3, -0.25) is 0 Å². The summed E-state index contributed by atoms with van der Waals surface area (Å²) in [4.78, 5) is 5.09. The number of anilines is 6. The molecular weight excluding hydrogens is 583 g/mol. The molecule has 220 valence electrons. The highest BCUT2D eigenvalue weighted by atomic mass is 28.3. The molecular formula is C43H31BN2Si. The van der Waals surface area contributed by atoms with E-state index in [1.807, 2.05) is 0 Å². The van der Waals surface area contributed by atoms with Gasteiger partial charge in [0.25, 0.3) is 6.71 Å². The summed E-state index contributed by atoms with van der Waals surface area (Å²) in [5.74, 6) is 0. The zero-order valence-electron chi connectivity index (χ0n) is 26.1. The van der Waals surface area contributed by atoms with E-state index < -0.39 is 8.07 Å². The van der Waals surface area contributed by atoms with Gasteiger partial charge in [0.2, 0.25) is 0 Å². The molecule has 0 saturated heterocycles. The second-order valence-electron chi connectivity index (χ2n) is 13.0. The average molecular weight is 615 g/mol. The molecule has 10 rings (SSSR count). The van der Waals surface area contributed by atoms with Gasteiger partial charge in [-0.25, -0.2) is 0 Å². The van der Waals surface area contributed by atoms with E-state index in [2.05, 4.69) is 187 Å². The molecule has 0 aliphatic carbocycles. The number of para-hydroxylation sites is 3. The molecule has 0 amide bonds. The van der Waals surface area contributed by atoms with Crippen LogP contribution in [0.25, 0.3) is 0 Å². The Morgan fingerprint density at radius 2 is 1.02 bits per heavy atom. The molecule has 4 heteroatoms. The first kappa shape index (κ1) is 26.6. The summed E-state index contributed by atoms with van der Waals surface area (Å²) in [6.07, 6.45) is 0. The molecule has 7 aromatic rings. The number of fused-ring (bicyclic) bond motifs is 6. The van der Waals surface area contributed by atoms with Gasteiger partial charge in [0.1, 0.15) is 0 Å².